The Morgan fingerprint density at radius 1 is 0.241 bits per heavy atom. The van der Waals surface area contributed by atoms with Gasteiger partial charge in [-0.2, -0.15) is 0 Å². The first-order chi connectivity index (χ1) is 41.0. The van der Waals surface area contributed by atoms with E-state index in [9.17, 15) is 14.4 Å². The molecule has 0 amide bonds. The fourth-order valence-corrected chi connectivity index (χ4v) is 11.2. The van der Waals surface area contributed by atoms with Gasteiger partial charge in [-0.05, 0) is 83.5 Å². The molecule has 0 spiro atoms. The average Bonchev–Trinajstić information content (AvgIpc) is 3.49. The highest BCUT2D eigenvalue weighted by molar-refractivity contribution is 5.71. The first kappa shape index (κ1) is 80.4. The molecule has 0 saturated heterocycles. The molecule has 6 nitrogen and oxygen atoms in total. The van der Waals surface area contributed by atoms with Gasteiger partial charge in [0.1, 0.15) is 13.2 Å². The Morgan fingerprint density at radius 2 is 0.434 bits per heavy atom. The Balaban J connectivity index is 4.33. The molecule has 0 aromatic rings. The van der Waals surface area contributed by atoms with E-state index in [1.807, 2.05) is 0 Å². The second-order valence-electron chi connectivity index (χ2n) is 25.2. The lowest BCUT2D eigenvalue weighted by Crippen LogP contribution is -2.30. The predicted molar refractivity (Wildman–Crippen MR) is 362 cm³/mol. The van der Waals surface area contributed by atoms with E-state index in [-0.39, 0.29) is 31.1 Å². The molecule has 0 saturated carbocycles. The number of hydrogen-bond acceptors (Lipinski definition) is 6. The van der Waals surface area contributed by atoms with Crippen molar-refractivity contribution in [1.82, 2.24) is 0 Å². The summed E-state index contributed by atoms with van der Waals surface area (Å²) >= 11 is 0. The number of carbonyl (C=O) groups excluding carboxylic acids is 3. The number of ether oxygens (including phenoxy) is 3. The molecular weight excluding hydrogens is 1020 g/mol. The number of esters is 3. The molecule has 0 bridgehead atoms. The van der Waals surface area contributed by atoms with Gasteiger partial charge >= 0.3 is 17.9 Å². The van der Waals surface area contributed by atoms with Crippen LogP contribution < -0.4 is 0 Å². The highest BCUT2D eigenvalue weighted by Gasteiger charge is 2.19. The third-order valence-electron chi connectivity index (χ3n) is 16.8. The van der Waals surface area contributed by atoms with E-state index in [1.165, 1.54) is 295 Å². The minimum Gasteiger partial charge on any atom is -0.462 e. The van der Waals surface area contributed by atoms with E-state index in [0.29, 0.717) is 19.3 Å². The fourth-order valence-electron chi connectivity index (χ4n) is 11.2. The molecule has 0 aromatic carbocycles. The predicted octanol–water partition coefficient (Wildman–Crippen LogP) is 25.7. The summed E-state index contributed by atoms with van der Waals surface area (Å²) in [4.78, 5) is 38.6. The molecule has 0 aromatic heterocycles. The van der Waals surface area contributed by atoms with Gasteiger partial charge in [0.2, 0.25) is 0 Å². The van der Waals surface area contributed by atoms with Crippen LogP contribution in [0, 0.1) is 0 Å². The van der Waals surface area contributed by atoms with Gasteiger partial charge in [-0.15, -0.1) is 0 Å². The maximum atomic E-state index is 13.0. The van der Waals surface area contributed by atoms with Crippen molar-refractivity contribution >= 4 is 17.9 Å². The Bertz CT molecular complexity index is 1430. The van der Waals surface area contributed by atoms with Gasteiger partial charge < -0.3 is 14.2 Å². The van der Waals surface area contributed by atoms with E-state index in [0.717, 1.165) is 70.6 Å². The van der Waals surface area contributed by atoms with Crippen LogP contribution in [0.2, 0.25) is 0 Å². The minimum absolute atomic E-state index is 0.0706. The third kappa shape index (κ3) is 70.0. The summed E-state index contributed by atoms with van der Waals surface area (Å²) in [5.41, 5.74) is 0. The molecule has 0 aliphatic carbocycles. The monoisotopic (exact) mass is 1160 g/mol. The molecule has 1 unspecified atom stereocenters. The van der Waals surface area contributed by atoms with Gasteiger partial charge in [0, 0.05) is 19.3 Å². The van der Waals surface area contributed by atoms with Crippen LogP contribution in [0.4, 0.5) is 0 Å². The minimum atomic E-state index is -0.777. The smallest absolute Gasteiger partial charge is 0.306 e. The molecular formula is C77H142O6. The quantitative estimate of drug-likeness (QED) is 0.0261. The van der Waals surface area contributed by atoms with Crippen LogP contribution in [0.5, 0.6) is 0 Å². The van der Waals surface area contributed by atoms with Crippen molar-refractivity contribution in [2.75, 3.05) is 13.2 Å². The van der Waals surface area contributed by atoms with E-state index in [1.54, 1.807) is 0 Å². The number of unbranched alkanes of at least 4 members (excludes halogenated alkanes) is 50. The van der Waals surface area contributed by atoms with Crippen LogP contribution in [0.25, 0.3) is 0 Å². The number of carbonyl (C=O) groups is 3. The van der Waals surface area contributed by atoms with Gasteiger partial charge in [0.05, 0.1) is 0 Å². The van der Waals surface area contributed by atoms with Crippen molar-refractivity contribution in [3.05, 3.63) is 48.6 Å². The van der Waals surface area contributed by atoms with Crippen molar-refractivity contribution in [2.45, 2.75) is 412 Å². The van der Waals surface area contributed by atoms with Crippen LogP contribution in [-0.4, -0.2) is 37.2 Å². The second-order valence-corrected chi connectivity index (χ2v) is 25.2. The van der Waals surface area contributed by atoms with Crippen LogP contribution in [-0.2, 0) is 28.6 Å². The lowest BCUT2D eigenvalue weighted by Gasteiger charge is -2.18. The largest absolute Gasteiger partial charge is 0.462 e. The van der Waals surface area contributed by atoms with Crippen molar-refractivity contribution < 1.29 is 28.6 Å². The van der Waals surface area contributed by atoms with Crippen LogP contribution in [0.3, 0.4) is 0 Å². The van der Waals surface area contributed by atoms with Gasteiger partial charge in [-0.25, -0.2) is 0 Å². The summed E-state index contributed by atoms with van der Waals surface area (Å²) in [6, 6.07) is 0. The zero-order chi connectivity index (χ0) is 59.9. The Morgan fingerprint density at radius 3 is 0.663 bits per heavy atom. The molecule has 0 N–H and O–H groups in total. The standard InChI is InChI=1S/C77H142O6/c1-4-7-10-13-16-19-22-25-28-31-34-37-38-41-43-46-49-52-55-58-61-64-67-70-76(79)82-73-74(83-77(80)71-68-65-62-59-56-53-50-47-44-40-36-33-30-27-24-21-18-15-12-9-6-3)72-81-75(78)69-66-63-60-57-54-51-48-45-42-39-35-32-29-26-23-20-17-14-11-8-5-2/h22,24-25,27,31,33-34,36,74H,4-21,23,26,28-30,32,35,37-73H2,1-3H3/b25-22-,27-24-,34-31-,36-33-. The van der Waals surface area contributed by atoms with Crippen LogP contribution in [0.15, 0.2) is 48.6 Å². The molecule has 0 radical (unpaired) electrons. The molecule has 6 heteroatoms. The van der Waals surface area contributed by atoms with E-state index in [4.69, 9.17) is 14.2 Å². The van der Waals surface area contributed by atoms with Crippen LogP contribution in [0.1, 0.15) is 406 Å². The Labute approximate surface area is 518 Å². The van der Waals surface area contributed by atoms with E-state index < -0.39 is 6.10 Å². The summed E-state index contributed by atoms with van der Waals surface area (Å²) < 4.78 is 17.0. The Kier molecular flexibility index (Phi) is 69.6. The molecule has 0 aliphatic heterocycles. The molecule has 0 fully saturated rings. The SMILES string of the molecule is CCCCCCC/C=C\C/C=C\CCCCCCCCCCCCCC(=O)OCC(COC(=O)CCCCCCCCCCCCCCCCCCCCCCC)OC(=O)CCCCCCCCCCC/C=C\C/C=C\CCCCCCC. The zero-order valence-corrected chi connectivity index (χ0v) is 56.0. The zero-order valence-electron chi connectivity index (χ0n) is 56.0. The summed E-state index contributed by atoms with van der Waals surface area (Å²) in [6.45, 7) is 6.70. The maximum Gasteiger partial charge on any atom is 0.306 e. The van der Waals surface area contributed by atoms with Crippen molar-refractivity contribution in [3.63, 3.8) is 0 Å². The summed E-state index contributed by atoms with van der Waals surface area (Å²) in [6.07, 6.45) is 91.4. The molecule has 0 aliphatic rings. The van der Waals surface area contributed by atoms with Gasteiger partial charge in [0.25, 0.3) is 0 Å². The first-order valence-corrected chi connectivity index (χ1v) is 37.1. The topological polar surface area (TPSA) is 78.9 Å². The normalized spacial score (nSPS) is 12.3. The van der Waals surface area contributed by atoms with E-state index >= 15 is 0 Å². The number of hydrogen-bond donors (Lipinski definition) is 0. The highest BCUT2D eigenvalue weighted by atomic mass is 16.6. The second kappa shape index (κ2) is 71.8. The van der Waals surface area contributed by atoms with Crippen molar-refractivity contribution in [2.24, 2.45) is 0 Å². The summed E-state index contributed by atoms with van der Waals surface area (Å²) in [7, 11) is 0. The molecule has 83 heavy (non-hydrogen) atoms. The lowest BCUT2D eigenvalue weighted by molar-refractivity contribution is -0.167. The van der Waals surface area contributed by atoms with Crippen molar-refractivity contribution in [1.29, 1.82) is 0 Å². The number of rotatable bonds is 69. The fraction of sp³-hybridized carbons (Fsp3) is 0.857. The van der Waals surface area contributed by atoms with E-state index in [2.05, 4.69) is 69.4 Å². The molecule has 1 atom stereocenters. The van der Waals surface area contributed by atoms with Gasteiger partial charge in [-0.1, -0.05) is 352 Å². The van der Waals surface area contributed by atoms with Crippen molar-refractivity contribution in [3.8, 4) is 0 Å². The third-order valence-corrected chi connectivity index (χ3v) is 16.8. The lowest BCUT2D eigenvalue weighted by atomic mass is 10.0. The molecule has 0 heterocycles. The molecule has 0 rings (SSSR count). The first-order valence-electron chi connectivity index (χ1n) is 37.1. The highest BCUT2D eigenvalue weighted by Crippen LogP contribution is 2.19. The summed E-state index contributed by atoms with van der Waals surface area (Å²) in [5, 5.41) is 0. The number of allylic oxidation sites excluding steroid dienone is 8. The van der Waals surface area contributed by atoms with Gasteiger partial charge in [-0.3, -0.25) is 14.4 Å². The van der Waals surface area contributed by atoms with Crippen LogP contribution >= 0.6 is 0 Å². The Hall–Kier alpha value is -2.63. The molecule has 486 valence electrons. The average molecular weight is 1160 g/mol. The summed E-state index contributed by atoms with van der Waals surface area (Å²) in [5.74, 6) is -0.846. The van der Waals surface area contributed by atoms with Gasteiger partial charge in [0.15, 0.2) is 6.10 Å². The maximum absolute atomic E-state index is 13.0.